The third-order valence-corrected chi connectivity index (χ3v) is 2.62. The zero-order valence-corrected chi connectivity index (χ0v) is 9.99. The van der Waals surface area contributed by atoms with Crippen LogP contribution in [0.25, 0.3) is 0 Å². The van der Waals surface area contributed by atoms with E-state index in [1.807, 2.05) is 13.8 Å². The lowest BCUT2D eigenvalue weighted by Crippen LogP contribution is -2.34. The molecule has 88 valence electrons. The van der Waals surface area contributed by atoms with Crippen molar-refractivity contribution in [2.24, 2.45) is 11.8 Å². The molecule has 0 bridgehead atoms. The largest absolute Gasteiger partial charge is 0.481 e. The molecule has 1 amide bonds. The van der Waals surface area contributed by atoms with Crippen LogP contribution in [0.15, 0.2) is 0 Å². The van der Waals surface area contributed by atoms with Gasteiger partial charge in [0.15, 0.2) is 0 Å². The fourth-order valence-corrected chi connectivity index (χ4v) is 1.19. The lowest BCUT2D eigenvalue weighted by molar-refractivity contribution is -0.142. The summed E-state index contributed by atoms with van der Waals surface area (Å²) < 4.78 is 0. The van der Waals surface area contributed by atoms with Gasteiger partial charge in [-0.1, -0.05) is 27.2 Å². The first kappa shape index (κ1) is 13.9. The van der Waals surface area contributed by atoms with Gasteiger partial charge in [-0.2, -0.15) is 0 Å². The summed E-state index contributed by atoms with van der Waals surface area (Å²) in [5.41, 5.74) is 0. The number of nitrogens with zero attached hydrogens (tertiary/aromatic N) is 1. The van der Waals surface area contributed by atoms with Crippen molar-refractivity contribution < 1.29 is 14.7 Å². The number of carbonyl (C=O) groups excluding carboxylic acids is 1. The van der Waals surface area contributed by atoms with Gasteiger partial charge in [0.1, 0.15) is 0 Å². The SMILES string of the molecule is CCC(C)CC(=O)N(C)CC(C)C(=O)O. The molecule has 0 saturated heterocycles. The standard InChI is InChI=1S/C11H21NO3/c1-5-8(2)6-10(13)12(4)7-9(3)11(14)15/h8-9H,5-7H2,1-4H3,(H,14,15). The Balaban J connectivity index is 4.04. The van der Waals surface area contributed by atoms with E-state index >= 15 is 0 Å². The average molecular weight is 215 g/mol. The first-order valence-electron chi connectivity index (χ1n) is 5.35. The van der Waals surface area contributed by atoms with Crippen molar-refractivity contribution in [1.29, 1.82) is 0 Å². The zero-order valence-electron chi connectivity index (χ0n) is 9.99. The van der Waals surface area contributed by atoms with E-state index in [0.29, 0.717) is 12.3 Å². The number of carbonyl (C=O) groups is 2. The Morgan fingerprint density at radius 1 is 1.33 bits per heavy atom. The van der Waals surface area contributed by atoms with E-state index in [1.165, 1.54) is 4.90 Å². The van der Waals surface area contributed by atoms with Crippen LogP contribution < -0.4 is 0 Å². The molecule has 0 aromatic rings. The summed E-state index contributed by atoms with van der Waals surface area (Å²) in [6.07, 6.45) is 1.47. The quantitative estimate of drug-likeness (QED) is 0.732. The zero-order chi connectivity index (χ0) is 12.0. The maximum atomic E-state index is 11.6. The van der Waals surface area contributed by atoms with Crippen LogP contribution in [0, 0.1) is 11.8 Å². The van der Waals surface area contributed by atoms with Crippen LogP contribution in [0.2, 0.25) is 0 Å². The third kappa shape index (κ3) is 5.40. The summed E-state index contributed by atoms with van der Waals surface area (Å²) in [5.74, 6) is -0.980. The second kappa shape index (κ2) is 6.43. The molecule has 4 heteroatoms. The van der Waals surface area contributed by atoms with E-state index in [9.17, 15) is 9.59 Å². The van der Waals surface area contributed by atoms with Crippen molar-refractivity contribution >= 4 is 11.9 Å². The van der Waals surface area contributed by atoms with Gasteiger partial charge in [-0.05, 0) is 5.92 Å². The molecule has 0 aliphatic heterocycles. The van der Waals surface area contributed by atoms with Crippen molar-refractivity contribution in [2.75, 3.05) is 13.6 Å². The fraction of sp³-hybridized carbons (Fsp3) is 0.818. The van der Waals surface area contributed by atoms with Gasteiger partial charge in [-0.3, -0.25) is 9.59 Å². The summed E-state index contributed by atoms with van der Waals surface area (Å²) in [4.78, 5) is 23.7. The van der Waals surface area contributed by atoms with Gasteiger partial charge in [0, 0.05) is 20.0 Å². The molecule has 15 heavy (non-hydrogen) atoms. The van der Waals surface area contributed by atoms with Gasteiger partial charge in [0.05, 0.1) is 5.92 Å². The molecule has 0 spiro atoms. The first-order valence-corrected chi connectivity index (χ1v) is 5.35. The minimum absolute atomic E-state index is 0.0254. The topological polar surface area (TPSA) is 57.6 Å². The third-order valence-electron chi connectivity index (χ3n) is 2.62. The Morgan fingerprint density at radius 3 is 2.27 bits per heavy atom. The molecule has 0 rings (SSSR count). The monoisotopic (exact) mass is 215 g/mol. The van der Waals surface area contributed by atoms with Crippen molar-refractivity contribution in [3.63, 3.8) is 0 Å². The molecule has 2 unspecified atom stereocenters. The predicted octanol–water partition coefficient (Wildman–Crippen LogP) is 1.60. The molecule has 0 radical (unpaired) electrons. The van der Waals surface area contributed by atoms with Crippen LogP contribution in [-0.2, 0) is 9.59 Å². The van der Waals surface area contributed by atoms with E-state index in [4.69, 9.17) is 5.11 Å². The highest BCUT2D eigenvalue weighted by molar-refractivity contribution is 5.77. The van der Waals surface area contributed by atoms with E-state index in [2.05, 4.69) is 0 Å². The first-order chi connectivity index (χ1) is 6.88. The van der Waals surface area contributed by atoms with Gasteiger partial charge < -0.3 is 10.0 Å². The van der Waals surface area contributed by atoms with Gasteiger partial charge >= 0.3 is 5.97 Å². The highest BCUT2D eigenvalue weighted by atomic mass is 16.4. The van der Waals surface area contributed by atoms with Crippen LogP contribution in [0.5, 0.6) is 0 Å². The molecular formula is C11H21NO3. The molecule has 0 aromatic carbocycles. The molecule has 0 aliphatic rings. The molecule has 0 aromatic heterocycles. The number of rotatable bonds is 6. The molecule has 1 N–H and O–H groups in total. The van der Waals surface area contributed by atoms with E-state index < -0.39 is 11.9 Å². The highest BCUT2D eigenvalue weighted by Crippen LogP contribution is 2.09. The summed E-state index contributed by atoms with van der Waals surface area (Å²) in [6, 6.07) is 0. The summed E-state index contributed by atoms with van der Waals surface area (Å²) >= 11 is 0. The van der Waals surface area contributed by atoms with Crippen molar-refractivity contribution in [3.05, 3.63) is 0 Å². The van der Waals surface area contributed by atoms with Crippen LogP contribution in [-0.4, -0.2) is 35.5 Å². The lowest BCUT2D eigenvalue weighted by Gasteiger charge is -2.20. The number of hydrogen-bond donors (Lipinski definition) is 1. The van der Waals surface area contributed by atoms with Gasteiger partial charge in [-0.15, -0.1) is 0 Å². The Bertz CT molecular complexity index is 228. The van der Waals surface area contributed by atoms with Gasteiger partial charge in [0.2, 0.25) is 5.91 Å². The summed E-state index contributed by atoms with van der Waals surface area (Å²) in [7, 11) is 1.66. The van der Waals surface area contributed by atoms with E-state index in [-0.39, 0.29) is 12.5 Å². The molecule has 0 saturated carbocycles. The maximum absolute atomic E-state index is 11.6. The number of carboxylic acid groups (broad SMARTS) is 1. The molecule has 2 atom stereocenters. The second-order valence-electron chi connectivity index (χ2n) is 4.23. The molecule has 0 fully saturated rings. The molecule has 0 aliphatic carbocycles. The minimum Gasteiger partial charge on any atom is -0.481 e. The molecular weight excluding hydrogens is 194 g/mol. The van der Waals surface area contributed by atoms with Crippen LogP contribution in [0.4, 0.5) is 0 Å². The number of carboxylic acids is 1. The maximum Gasteiger partial charge on any atom is 0.308 e. The van der Waals surface area contributed by atoms with E-state index in [0.717, 1.165) is 6.42 Å². The lowest BCUT2D eigenvalue weighted by atomic mass is 10.0. The van der Waals surface area contributed by atoms with Gasteiger partial charge in [0.25, 0.3) is 0 Å². The second-order valence-corrected chi connectivity index (χ2v) is 4.23. The minimum atomic E-state index is -0.863. The Labute approximate surface area is 91.3 Å². The van der Waals surface area contributed by atoms with Crippen molar-refractivity contribution in [3.8, 4) is 0 Å². The Hall–Kier alpha value is -1.06. The highest BCUT2D eigenvalue weighted by Gasteiger charge is 2.18. The Morgan fingerprint density at radius 2 is 1.87 bits per heavy atom. The summed E-state index contributed by atoms with van der Waals surface area (Å²) in [5, 5.41) is 8.70. The molecule has 4 nitrogen and oxygen atoms in total. The fourth-order valence-electron chi connectivity index (χ4n) is 1.19. The number of amides is 1. The normalized spacial score (nSPS) is 14.4. The molecule has 0 heterocycles. The number of hydrogen-bond acceptors (Lipinski definition) is 2. The smallest absolute Gasteiger partial charge is 0.308 e. The van der Waals surface area contributed by atoms with Crippen molar-refractivity contribution in [1.82, 2.24) is 4.90 Å². The van der Waals surface area contributed by atoms with Crippen molar-refractivity contribution in [2.45, 2.75) is 33.6 Å². The average Bonchev–Trinajstić information content (AvgIpc) is 2.16. The predicted molar refractivity (Wildman–Crippen MR) is 58.5 cm³/mol. The Kier molecular flexibility index (Phi) is 5.97. The van der Waals surface area contributed by atoms with Crippen LogP contribution >= 0.6 is 0 Å². The van der Waals surface area contributed by atoms with E-state index in [1.54, 1.807) is 14.0 Å². The number of aliphatic carboxylic acids is 1. The van der Waals surface area contributed by atoms with Crippen LogP contribution in [0.3, 0.4) is 0 Å². The van der Waals surface area contributed by atoms with Gasteiger partial charge in [-0.25, -0.2) is 0 Å². The van der Waals surface area contributed by atoms with Crippen LogP contribution in [0.1, 0.15) is 33.6 Å². The summed E-state index contributed by atoms with van der Waals surface area (Å²) in [6.45, 7) is 5.95.